The van der Waals surface area contributed by atoms with Gasteiger partial charge in [0.05, 0.1) is 24.2 Å². The number of aryl methyl sites for hydroxylation is 2. The molecule has 0 bridgehead atoms. The Hall–Kier alpha value is -3.47. The zero-order valence-corrected chi connectivity index (χ0v) is 18.3. The minimum atomic E-state index is 0.397. The Morgan fingerprint density at radius 2 is 1.55 bits per heavy atom. The van der Waals surface area contributed by atoms with Gasteiger partial charge in [0.2, 0.25) is 0 Å². The fourth-order valence-corrected chi connectivity index (χ4v) is 3.58. The van der Waals surface area contributed by atoms with Crippen LogP contribution < -0.4 is 14.2 Å². The summed E-state index contributed by atoms with van der Waals surface area (Å²) in [5, 5.41) is 0. The van der Waals surface area contributed by atoms with Crippen LogP contribution in [0.5, 0.6) is 17.2 Å². The van der Waals surface area contributed by atoms with E-state index in [4.69, 9.17) is 19.2 Å². The highest BCUT2D eigenvalue weighted by atomic mass is 16.5. The molecule has 0 radical (unpaired) electrons. The molecule has 1 aromatic heterocycles. The van der Waals surface area contributed by atoms with Crippen LogP contribution in [0.25, 0.3) is 11.0 Å². The van der Waals surface area contributed by atoms with Gasteiger partial charge in [-0.25, -0.2) is 4.98 Å². The maximum Gasteiger partial charge on any atom is 0.161 e. The number of para-hydroxylation sites is 4. The monoisotopic (exact) mass is 416 g/mol. The lowest BCUT2D eigenvalue weighted by molar-refractivity contribution is 0.257. The topological polar surface area (TPSA) is 45.5 Å². The fraction of sp³-hybridized carbons (Fsp3) is 0.269. The molecule has 0 fully saturated rings. The minimum absolute atomic E-state index is 0.397. The number of rotatable bonds is 9. The van der Waals surface area contributed by atoms with Gasteiger partial charge >= 0.3 is 0 Å². The van der Waals surface area contributed by atoms with Crippen molar-refractivity contribution in [2.45, 2.75) is 33.9 Å². The van der Waals surface area contributed by atoms with Gasteiger partial charge in [0, 0.05) is 0 Å². The number of benzene rings is 3. The first-order valence-corrected chi connectivity index (χ1v) is 10.6. The average molecular weight is 417 g/mol. The second kappa shape index (κ2) is 9.56. The first kappa shape index (κ1) is 20.8. The molecule has 0 saturated heterocycles. The Labute approximate surface area is 183 Å². The SMILES string of the molecule is CCOc1ccccc1OCCn1c(COc2cc(C)ccc2C)nc2ccccc21. The molecular formula is C26H28N2O3. The number of fused-ring (bicyclic) bond motifs is 1. The number of imidazole rings is 1. The average Bonchev–Trinajstić information content (AvgIpc) is 3.13. The summed E-state index contributed by atoms with van der Waals surface area (Å²) in [6.45, 7) is 8.26. The van der Waals surface area contributed by atoms with Crippen molar-refractivity contribution in [1.29, 1.82) is 0 Å². The quantitative estimate of drug-likeness (QED) is 0.351. The summed E-state index contributed by atoms with van der Waals surface area (Å²) in [5.41, 5.74) is 4.32. The van der Waals surface area contributed by atoms with Crippen molar-refractivity contribution in [3.63, 3.8) is 0 Å². The molecule has 0 aliphatic carbocycles. The highest BCUT2D eigenvalue weighted by Crippen LogP contribution is 2.27. The van der Waals surface area contributed by atoms with Gasteiger partial charge in [-0.05, 0) is 62.2 Å². The predicted octanol–water partition coefficient (Wildman–Crippen LogP) is 5.71. The first-order chi connectivity index (χ1) is 15.2. The number of aromatic nitrogens is 2. The Bertz CT molecular complexity index is 1170. The molecule has 160 valence electrons. The Morgan fingerprint density at radius 3 is 2.35 bits per heavy atom. The summed E-state index contributed by atoms with van der Waals surface area (Å²) in [4.78, 5) is 4.81. The molecular weight excluding hydrogens is 388 g/mol. The summed E-state index contributed by atoms with van der Waals surface area (Å²) in [5.74, 6) is 3.28. The highest BCUT2D eigenvalue weighted by Gasteiger charge is 2.13. The van der Waals surface area contributed by atoms with Gasteiger partial charge in [0.1, 0.15) is 24.8 Å². The third kappa shape index (κ3) is 4.82. The van der Waals surface area contributed by atoms with Gasteiger partial charge < -0.3 is 18.8 Å². The van der Waals surface area contributed by atoms with Gasteiger partial charge in [0.15, 0.2) is 11.5 Å². The molecule has 31 heavy (non-hydrogen) atoms. The molecule has 0 atom stereocenters. The van der Waals surface area contributed by atoms with E-state index in [1.165, 1.54) is 5.56 Å². The van der Waals surface area contributed by atoms with Crippen molar-refractivity contribution in [2.24, 2.45) is 0 Å². The number of ether oxygens (including phenoxy) is 3. The Balaban J connectivity index is 1.52. The van der Waals surface area contributed by atoms with Crippen LogP contribution in [-0.4, -0.2) is 22.8 Å². The van der Waals surface area contributed by atoms with E-state index in [0.29, 0.717) is 26.4 Å². The van der Waals surface area contributed by atoms with Crippen LogP contribution in [0.15, 0.2) is 66.7 Å². The van der Waals surface area contributed by atoms with Gasteiger partial charge in [-0.3, -0.25) is 0 Å². The zero-order valence-electron chi connectivity index (χ0n) is 18.3. The second-order valence-corrected chi connectivity index (χ2v) is 7.45. The van der Waals surface area contributed by atoms with Crippen LogP contribution in [0.2, 0.25) is 0 Å². The van der Waals surface area contributed by atoms with E-state index in [1.807, 2.05) is 49.4 Å². The van der Waals surface area contributed by atoms with Gasteiger partial charge in [-0.2, -0.15) is 0 Å². The summed E-state index contributed by atoms with van der Waals surface area (Å²) >= 11 is 0. The highest BCUT2D eigenvalue weighted by molar-refractivity contribution is 5.75. The minimum Gasteiger partial charge on any atom is -0.490 e. The molecule has 0 aliphatic heterocycles. The van der Waals surface area contributed by atoms with Gasteiger partial charge in [-0.1, -0.05) is 36.4 Å². The fourth-order valence-electron chi connectivity index (χ4n) is 3.58. The number of hydrogen-bond acceptors (Lipinski definition) is 4. The third-order valence-electron chi connectivity index (χ3n) is 5.16. The lowest BCUT2D eigenvalue weighted by Gasteiger charge is -2.14. The van der Waals surface area contributed by atoms with Crippen molar-refractivity contribution >= 4 is 11.0 Å². The third-order valence-corrected chi connectivity index (χ3v) is 5.16. The lowest BCUT2D eigenvalue weighted by Crippen LogP contribution is -2.13. The molecule has 5 heteroatoms. The van der Waals surface area contributed by atoms with E-state index in [1.54, 1.807) is 0 Å². The standard InChI is InChI=1S/C26H28N2O3/c1-4-29-23-11-7-8-12-24(23)30-16-15-28-22-10-6-5-9-21(22)27-26(28)18-31-25-17-19(2)13-14-20(25)3/h5-14,17H,4,15-16,18H2,1-3H3. The van der Waals surface area contributed by atoms with E-state index in [2.05, 4.69) is 42.7 Å². The lowest BCUT2D eigenvalue weighted by atomic mass is 10.1. The summed E-state index contributed by atoms with van der Waals surface area (Å²) in [7, 11) is 0. The van der Waals surface area contributed by atoms with E-state index < -0.39 is 0 Å². The van der Waals surface area contributed by atoms with E-state index >= 15 is 0 Å². The van der Waals surface area contributed by atoms with Crippen LogP contribution in [0.1, 0.15) is 23.9 Å². The maximum atomic E-state index is 6.15. The van der Waals surface area contributed by atoms with Gasteiger partial charge in [-0.15, -0.1) is 0 Å². The molecule has 4 rings (SSSR count). The first-order valence-electron chi connectivity index (χ1n) is 10.6. The van der Waals surface area contributed by atoms with Crippen molar-refractivity contribution in [1.82, 2.24) is 9.55 Å². The molecule has 5 nitrogen and oxygen atoms in total. The van der Waals surface area contributed by atoms with Crippen LogP contribution in [-0.2, 0) is 13.2 Å². The van der Waals surface area contributed by atoms with Crippen LogP contribution >= 0.6 is 0 Å². The zero-order chi connectivity index (χ0) is 21.6. The van der Waals surface area contributed by atoms with E-state index in [0.717, 1.165) is 39.7 Å². The molecule has 3 aromatic carbocycles. The van der Waals surface area contributed by atoms with Crippen molar-refractivity contribution in [3.8, 4) is 17.2 Å². The maximum absolute atomic E-state index is 6.15. The molecule has 0 aliphatic rings. The van der Waals surface area contributed by atoms with Crippen molar-refractivity contribution in [2.75, 3.05) is 13.2 Å². The summed E-state index contributed by atoms with van der Waals surface area (Å²) in [6, 6.07) is 22.1. The second-order valence-electron chi connectivity index (χ2n) is 7.45. The van der Waals surface area contributed by atoms with Crippen LogP contribution in [0.4, 0.5) is 0 Å². The smallest absolute Gasteiger partial charge is 0.161 e. The number of nitrogens with zero attached hydrogens (tertiary/aromatic N) is 2. The molecule has 0 N–H and O–H groups in total. The summed E-state index contributed by atoms with van der Waals surface area (Å²) < 4.78 is 20.0. The number of hydrogen-bond donors (Lipinski definition) is 0. The van der Waals surface area contributed by atoms with Crippen molar-refractivity contribution in [3.05, 3.63) is 83.7 Å². The molecule has 0 saturated carbocycles. The molecule has 1 heterocycles. The van der Waals surface area contributed by atoms with E-state index in [9.17, 15) is 0 Å². The van der Waals surface area contributed by atoms with Gasteiger partial charge in [0.25, 0.3) is 0 Å². The normalized spacial score (nSPS) is 10.9. The molecule has 0 spiro atoms. The predicted molar refractivity (Wildman–Crippen MR) is 123 cm³/mol. The molecule has 4 aromatic rings. The summed E-state index contributed by atoms with van der Waals surface area (Å²) in [6.07, 6.45) is 0. The Kier molecular flexibility index (Phi) is 6.41. The van der Waals surface area contributed by atoms with E-state index in [-0.39, 0.29) is 0 Å². The largest absolute Gasteiger partial charge is 0.490 e. The molecule has 0 unspecified atom stereocenters. The van der Waals surface area contributed by atoms with Crippen LogP contribution in [0, 0.1) is 13.8 Å². The Morgan fingerprint density at radius 1 is 0.806 bits per heavy atom. The van der Waals surface area contributed by atoms with Crippen LogP contribution in [0.3, 0.4) is 0 Å². The molecule has 0 amide bonds. The van der Waals surface area contributed by atoms with Crippen molar-refractivity contribution < 1.29 is 14.2 Å².